The molecule has 0 aromatic heterocycles. The van der Waals surface area contributed by atoms with Crippen molar-refractivity contribution >= 4 is 17.7 Å². The van der Waals surface area contributed by atoms with Gasteiger partial charge in [0, 0.05) is 5.75 Å². The molecule has 0 spiro atoms. The number of carbonyl (C=O) groups is 1. The van der Waals surface area contributed by atoms with Crippen molar-refractivity contribution < 1.29 is 9.90 Å². The normalized spacial score (nSPS) is 13.9. The van der Waals surface area contributed by atoms with Gasteiger partial charge in [0.1, 0.15) is 5.54 Å². The first-order valence-corrected chi connectivity index (χ1v) is 8.66. The van der Waals surface area contributed by atoms with Crippen LogP contribution in [0.15, 0.2) is 18.2 Å². The molecule has 1 atom stereocenters. The highest BCUT2D eigenvalue weighted by Gasteiger charge is 2.33. The molecule has 1 rings (SSSR count). The third-order valence-corrected chi connectivity index (χ3v) is 5.05. The number of carboxylic acid groups (broad SMARTS) is 1. The minimum absolute atomic E-state index is 0.612. The minimum Gasteiger partial charge on any atom is -0.480 e. The highest BCUT2D eigenvalue weighted by Crippen LogP contribution is 2.21. The van der Waals surface area contributed by atoms with Gasteiger partial charge < -0.3 is 10.4 Å². The maximum Gasteiger partial charge on any atom is 0.323 e. The molecule has 0 saturated carbocycles. The van der Waals surface area contributed by atoms with Crippen molar-refractivity contribution in [2.24, 2.45) is 0 Å². The van der Waals surface area contributed by atoms with Crippen molar-refractivity contribution in [2.45, 2.75) is 51.3 Å². The molecule has 0 aliphatic heterocycles. The lowest BCUT2D eigenvalue weighted by atomic mass is 9.91. The molecule has 0 heterocycles. The molecule has 1 aromatic carbocycles. The van der Waals surface area contributed by atoms with Crippen molar-refractivity contribution in [1.82, 2.24) is 5.32 Å². The zero-order chi connectivity index (χ0) is 15.9. The van der Waals surface area contributed by atoms with Gasteiger partial charge in [0.25, 0.3) is 0 Å². The fourth-order valence-corrected chi connectivity index (χ4v) is 3.56. The van der Waals surface area contributed by atoms with Crippen LogP contribution in [0.3, 0.4) is 0 Å². The lowest BCUT2D eigenvalue weighted by molar-refractivity contribution is -0.145. The average molecular weight is 309 g/mol. The fourth-order valence-electron chi connectivity index (χ4n) is 2.66. The maximum atomic E-state index is 11.4. The summed E-state index contributed by atoms with van der Waals surface area (Å²) < 4.78 is 0. The molecule has 0 aliphatic rings. The Morgan fingerprint density at radius 1 is 1.29 bits per heavy atom. The van der Waals surface area contributed by atoms with Crippen LogP contribution in [0.1, 0.15) is 42.9 Å². The number of nitrogens with one attached hydrogen (secondary N) is 1. The Morgan fingerprint density at radius 3 is 2.38 bits per heavy atom. The summed E-state index contributed by atoms with van der Waals surface area (Å²) >= 11 is 1.88. The molecular weight excluding hydrogens is 282 g/mol. The number of aliphatic carboxylic acids is 1. The van der Waals surface area contributed by atoms with Crippen molar-refractivity contribution in [3.8, 4) is 0 Å². The van der Waals surface area contributed by atoms with E-state index in [1.165, 1.54) is 16.7 Å². The van der Waals surface area contributed by atoms with Crippen molar-refractivity contribution in [1.29, 1.82) is 0 Å². The van der Waals surface area contributed by atoms with Gasteiger partial charge in [0.2, 0.25) is 0 Å². The number of rotatable bonds is 9. The second-order valence-electron chi connectivity index (χ2n) is 5.64. The second kappa shape index (κ2) is 8.44. The molecule has 0 bridgehead atoms. The number of hydrogen-bond acceptors (Lipinski definition) is 3. The Hall–Kier alpha value is -1.00. The van der Waals surface area contributed by atoms with E-state index >= 15 is 0 Å². The summed E-state index contributed by atoms with van der Waals surface area (Å²) in [7, 11) is 1.74. The second-order valence-corrected chi connectivity index (χ2v) is 6.75. The van der Waals surface area contributed by atoms with Gasteiger partial charge in [-0.1, -0.05) is 36.2 Å². The summed E-state index contributed by atoms with van der Waals surface area (Å²) in [6.45, 7) is 6.17. The van der Waals surface area contributed by atoms with Crippen LogP contribution in [0.2, 0.25) is 0 Å². The third-order valence-electron chi connectivity index (χ3n) is 3.93. The SMILES string of the molecule is CCC(CCCSCc1cc(C)cc(C)c1)(NC)C(=O)O. The van der Waals surface area contributed by atoms with Gasteiger partial charge >= 0.3 is 5.97 Å². The fraction of sp³-hybridized carbons (Fsp3) is 0.588. The van der Waals surface area contributed by atoms with Crippen molar-refractivity contribution in [2.75, 3.05) is 12.8 Å². The number of carboxylic acids is 1. The first-order chi connectivity index (χ1) is 9.93. The third kappa shape index (κ3) is 5.36. The van der Waals surface area contributed by atoms with Crippen molar-refractivity contribution in [3.05, 3.63) is 34.9 Å². The van der Waals surface area contributed by atoms with E-state index in [4.69, 9.17) is 0 Å². The van der Waals surface area contributed by atoms with E-state index in [1.807, 2.05) is 18.7 Å². The number of likely N-dealkylation sites (N-methyl/N-ethyl adjacent to an activating group) is 1. The van der Waals surface area contributed by atoms with Crippen LogP contribution in [-0.2, 0) is 10.5 Å². The molecule has 0 saturated heterocycles. The predicted molar refractivity (Wildman–Crippen MR) is 91.0 cm³/mol. The van der Waals surface area contributed by atoms with E-state index in [0.717, 1.165) is 17.9 Å². The molecule has 1 aromatic rings. The Kier molecular flexibility index (Phi) is 7.26. The number of aryl methyl sites for hydroxylation is 2. The van der Waals surface area contributed by atoms with E-state index in [9.17, 15) is 9.90 Å². The van der Waals surface area contributed by atoms with Crippen LogP contribution in [0.25, 0.3) is 0 Å². The highest BCUT2D eigenvalue weighted by molar-refractivity contribution is 7.98. The first-order valence-electron chi connectivity index (χ1n) is 7.50. The summed E-state index contributed by atoms with van der Waals surface area (Å²) in [5.74, 6) is 1.24. The van der Waals surface area contributed by atoms with Crippen LogP contribution in [0.5, 0.6) is 0 Å². The van der Waals surface area contributed by atoms with Crippen LogP contribution in [-0.4, -0.2) is 29.4 Å². The van der Waals surface area contributed by atoms with Crippen LogP contribution < -0.4 is 5.32 Å². The van der Waals surface area contributed by atoms with E-state index in [1.54, 1.807) is 7.05 Å². The number of hydrogen-bond donors (Lipinski definition) is 2. The Morgan fingerprint density at radius 2 is 1.90 bits per heavy atom. The lowest BCUT2D eigenvalue weighted by Gasteiger charge is -2.27. The van der Waals surface area contributed by atoms with Crippen LogP contribution in [0.4, 0.5) is 0 Å². The van der Waals surface area contributed by atoms with Gasteiger partial charge in [-0.2, -0.15) is 11.8 Å². The summed E-state index contributed by atoms with van der Waals surface area (Å²) in [6, 6.07) is 6.63. The van der Waals surface area contributed by atoms with Gasteiger partial charge in [-0.05, 0) is 51.5 Å². The van der Waals surface area contributed by atoms with Crippen molar-refractivity contribution in [3.63, 3.8) is 0 Å². The van der Waals surface area contributed by atoms with Gasteiger partial charge in [0.05, 0.1) is 0 Å². The molecule has 4 heteroatoms. The zero-order valence-corrected chi connectivity index (χ0v) is 14.3. The Labute approximate surface area is 132 Å². The average Bonchev–Trinajstić information content (AvgIpc) is 2.42. The summed E-state index contributed by atoms with van der Waals surface area (Å²) in [5.41, 5.74) is 3.19. The van der Waals surface area contributed by atoms with E-state index in [2.05, 4.69) is 37.4 Å². The van der Waals surface area contributed by atoms with Crippen LogP contribution in [0, 0.1) is 13.8 Å². The Bertz CT molecular complexity index is 450. The molecular formula is C17H27NO2S. The smallest absolute Gasteiger partial charge is 0.323 e. The van der Waals surface area contributed by atoms with E-state index < -0.39 is 11.5 Å². The maximum absolute atomic E-state index is 11.4. The first kappa shape index (κ1) is 18.1. The molecule has 0 amide bonds. The molecule has 0 fully saturated rings. The summed E-state index contributed by atoms with van der Waals surface area (Å²) in [6.07, 6.45) is 2.20. The summed E-state index contributed by atoms with van der Waals surface area (Å²) in [5, 5.41) is 12.3. The number of thioether (sulfide) groups is 1. The predicted octanol–water partition coefficient (Wildman–Crippen LogP) is 3.77. The molecule has 0 radical (unpaired) electrons. The van der Waals surface area contributed by atoms with Crippen LogP contribution >= 0.6 is 11.8 Å². The van der Waals surface area contributed by atoms with E-state index in [0.29, 0.717) is 12.8 Å². The zero-order valence-electron chi connectivity index (χ0n) is 13.5. The standard InChI is InChI=1S/C17H27NO2S/c1-5-17(18-4,16(19)20)7-6-8-21-12-15-10-13(2)9-14(3)11-15/h9-11,18H,5-8,12H2,1-4H3,(H,19,20). The monoisotopic (exact) mass is 309 g/mol. The molecule has 2 N–H and O–H groups in total. The quantitative estimate of drug-likeness (QED) is 0.682. The molecule has 0 aliphatic carbocycles. The molecule has 118 valence electrons. The minimum atomic E-state index is -0.763. The Balaban J connectivity index is 2.39. The van der Waals surface area contributed by atoms with Gasteiger partial charge in [0.15, 0.2) is 0 Å². The molecule has 21 heavy (non-hydrogen) atoms. The summed E-state index contributed by atoms with van der Waals surface area (Å²) in [4.78, 5) is 11.4. The highest BCUT2D eigenvalue weighted by atomic mass is 32.2. The topological polar surface area (TPSA) is 49.3 Å². The van der Waals surface area contributed by atoms with Gasteiger partial charge in [-0.3, -0.25) is 4.79 Å². The van der Waals surface area contributed by atoms with Gasteiger partial charge in [-0.15, -0.1) is 0 Å². The number of benzene rings is 1. The lowest BCUT2D eigenvalue weighted by Crippen LogP contribution is -2.49. The van der Waals surface area contributed by atoms with E-state index in [-0.39, 0.29) is 0 Å². The largest absolute Gasteiger partial charge is 0.480 e. The molecule has 3 nitrogen and oxygen atoms in total. The molecule has 1 unspecified atom stereocenters. The van der Waals surface area contributed by atoms with Gasteiger partial charge in [-0.25, -0.2) is 0 Å².